The number of carbonyl (C=O) groups is 2. The Morgan fingerprint density at radius 2 is 2.05 bits per heavy atom. The van der Waals surface area contributed by atoms with Gasteiger partial charge in [0.1, 0.15) is 0 Å². The van der Waals surface area contributed by atoms with Crippen molar-refractivity contribution < 1.29 is 9.59 Å². The highest BCUT2D eigenvalue weighted by molar-refractivity contribution is 5.96. The van der Waals surface area contributed by atoms with Crippen LogP contribution in [0.1, 0.15) is 25.5 Å². The molecule has 1 fully saturated rings. The van der Waals surface area contributed by atoms with Gasteiger partial charge in [-0.25, -0.2) is 4.79 Å². The van der Waals surface area contributed by atoms with E-state index in [4.69, 9.17) is 0 Å². The van der Waals surface area contributed by atoms with E-state index in [0.717, 1.165) is 5.56 Å². The molecule has 1 heterocycles. The van der Waals surface area contributed by atoms with E-state index < -0.39 is 0 Å². The first-order valence-electron chi connectivity index (χ1n) is 6.96. The lowest BCUT2D eigenvalue weighted by Crippen LogP contribution is -2.41. The molecule has 0 unspecified atom stereocenters. The minimum Gasteiger partial charge on any atom is -0.336 e. The molecule has 108 valence electrons. The Bertz CT molecular complexity index is 473. The lowest BCUT2D eigenvalue weighted by molar-refractivity contribution is -0.126. The van der Waals surface area contributed by atoms with Gasteiger partial charge >= 0.3 is 6.03 Å². The molecule has 3 amide bonds. The van der Waals surface area contributed by atoms with Crippen LogP contribution in [0.25, 0.3) is 0 Å². The van der Waals surface area contributed by atoms with Crippen molar-refractivity contribution in [1.29, 1.82) is 0 Å². The normalized spacial score (nSPS) is 16.4. The molecule has 2 N–H and O–H groups in total. The van der Waals surface area contributed by atoms with Crippen LogP contribution in [-0.4, -0.2) is 36.5 Å². The van der Waals surface area contributed by atoms with Gasteiger partial charge in [0.15, 0.2) is 0 Å². The summed E-state index contributed by atoms with van der Waals surface area (Å²) in [6.45, 7) is 5.38. The van der Waals surface area contributed by atoms with Gasteiger partial charge in [-0.3, -0.25) is 9.69 Å². The van der Waals surface area contributed by atoms with E-state index in [0.29, 0.717) is 19.0 Å². The van der Waals surface area contributed by atoms with Crippen molar-refractivity contribution >= 4 is 11.9 Å². The van der Waals surface area contributed by atoms with E-state index in [1.54, 1.807) is 0 Å². The van der Waals surface area contributed by atoms with Crippen molar-refractivity contribution in [3.63, 3.8) is 0 Å². The fourth-order valence-corrected chi connectivity index (χ4v) is 2.40. The summed E-state index contributed by atoms with van der Waals surface area (Å²) in [6.07, 6.45) is 0. The Morgan fingerprint density at radius 3 is 2.60 bits per heavy atom. The minimum atomic E-state index is -0.294. The van der Waals surface area contributed by atoms with E-state index in [9.17, 15) is 9.59 Å². The SMILES string of the molecule is CC(C)[C@@H](NCC(=O)N1CCNC1=O)c1ccccc1. The molecule has 0 aromatic heterocycles. The molecule has 0 spiro atoms. The molecule has 0 radical (unpaired) electrons. The van der Waals surface area contributed by atoms with Crippen molar-refractivity contribution in [2.75, 3.05) is 19.6 Å². The van der Waals surface area contributed by atoms with Crippen molar-refractivity contribution in [3.05, 3.63) is 35.9 Å². The number of nitrogens with one attached hydrogen (secondary N) is 2. The molecule has 0 aliphatic carbocycles. The van der Waals surface area contributed by atoms with E-state index >= 15 is 0 Å². The minimum absolute atomic E-state index is 0.103. The number of rotatable bonds is 5. The van der Waals surface area contributed by atoms with E-state index in [1.165, 1.54) is 4.90 Å². The average molecular weight is 275 g/mol. The van der Waals surface area contributed by atoms with Crippen molar-refractivity contribution in [3.8, 4) is 0 Å². The molecule has 20 heavy (non-hydrogen) atoms. The second-order valence-corrected chi connectivity index (χ2v) is 5.29. The summed E-state index contributed by atoms with van der Waals surface area (Å²) in [4.78, 5) is 24.7. The molecular formula is C15H21N3O2. The van der Waals surface area contributed by atoms with Gasteiger partial charge in [0.05, 0.1) is 6.54 Å². The summed E-state index contributed by atoms with van der Waals surface area (Å²) in [5.41, 5.74) is 1.15. The molecule has 2 rings (SSSR count). The number of imide groups is 1. The summed E-state index contributed by atoms with van der Waals surface area (Å²) in [5, 5.41) is 5.89. The lowest BCUT2D eigenvalue weighted by Gasteiger charge is -2.23. The van der Waals surface area contributed by atoms with Crippen LogP contribution in [0.5, 0.6) is 0 Å². The van der Waals surface area contributed by atoms with E-state index in [1.807, 2.05) is 30.3 Å². The van der Waals surface area contributed by atoms with Gasteiger partial charge in [0.25, 0.3) is 0 Å². The number of carbonyl (C=O) groups excluding carboxylic acids is 2. The quantitative estimate of drug-likeness (QED) is 0.856. The summed E-state index contributed by atoms with van der Waals surface area (Å²) in [7, 11) is 0. The van der Waals surface area contributed by atoms with Crippen LogP contribution < -0.4 is 10.6 Å². The van der Waals surface area contributed by atoms with Crippen LogP contribution >= 0.6 is 0 Å². The Kier molecular flexibility index (Phi) is 4.74. The first-order chi connectivity index (χ1) is 9.59. The summed E-state index contributed by atoms with van der Waals surface area (Å²) < 4.78 is 0. The summed E-state index contributed by atoms with van der Waals surface area (Å²) >= 11 is 0. The number of amides is 3. The van der Waals surface area contributed by atoms with Crippen LogP contribution in [-0.2, 0) is 4.79 Å². The van der Waals surface area contributed by atoms with Gasteiger partial charge in [-0.05, 0) is 11.5 Å². The molecule has 1 aliphatic rings. The first-order valence-corrected chi connectivity index (χ1v) is 6.96. The van der Waals surface area contributed by atoms with Gasteiger partial charge in [-0.15, -0.1) is 0 Å². The van der Waals surface area contributed by atoms with Crippen molar-refractivity contribution in [2.24, 2.45) is 5.92 Å². The second kappa shape index (κ2) is 6.52. The lowest BCUT2D eigenvalue weighted by atomic mass is 9.96. The van der Waals surface area contributed by atoms with Gasteiger partial charge in [0, 0.05) is 19.1 Å². The highest BCUT2D eigenvalue weighted by Crippen LogP contribution is 2.21. The fraction of sp³-hybridized carbons (Fsp3) is 0.467. The van der Waals surface area contributed by atoms with Crippen LogP contribution in [0.4, 0.5) is 4.79 Å². The Hall–Kier alpha value is -1.88. The predicted octanol–water partition coefficient (Wildman–Crippen LogP) is 1.53. The van der Waals surface area contributed by atoms with Crippen molar-refractivity contribution in [2.45, 2.75) is 19.9 Å². The van der Waals surface area contributed by atoms with Crippen LogP contribution in [0, 0.1) is 5.92 Å². The van der Waals surface area contributed by atoms with Crippen LogP contribution in [0.15, 0.2) is 30.3 Å². The zero-order valence-electron chi connectivity index (χ0n) is 11.9. The monoisotopic (exact) mass is 275 g/mol. The van der Waals surface area contributed by atoms with Crippen molar-refractivity contribution in [1.82, 2.24) is 15.5 Å². The Balaban J connectivity index is 1.96. The van der Waals surface area contributed by atoms with Gasteiger partial charge in [-0.1, -0.05) is 44.2 Å². The molecule has 5 heteroatoms. The highest BCUT2D eigenvalue weighted by atomic mass is 16.2. The smallest absolute Gasteiger partial charge is 0.324 e. The summed E-state index contributed by atoms with van der Waals surface area (Å²) in [6, 6.07) is 9.85. The average Bonchev–Trinajstić information content (AvgIpc) is 2.86. The third-order valence-corrected chi connectivity index (χ3v) is 3.46. The number of hydrogen-bond donors (Lipinski definition) is 2. The number of benzene rings is 1. The zero-order chi connectivity index (χ0) is 14.5. The zero-order valence-corrected chi connectivity index (χ0v) is 11.9. The maximum Gasteiger partial charge on any atom is 0.324 e. The number of urea groups is 1. The third-order valence-electron chi connectivity index (χ3n) is 3.46. The molecule has 5 nitrogen and oxygen atoms in total. The maximum atomic E-state index is 12.0. The van der Waals surface area contributed by atoms with Gasteiger partial charge in [-0.2, -0.15) is 0 Å². The molecule has 0 bridgehead atoms. The molecule has 1 saturated heterocycles. The van der Waals surface area contributed by atoms with Crippen LogP contribution in [0.2, 0.25) is 0 Å². The fourth-order valence-electron chi connectivity index (χ4n) is 2.40. The molecule has 1 atom stereocenters. The number of nitrogens with zero attached hydrogens (tertiary/aromatic N) is 1. The Labute approximate surface area is 119 Å². The topological polar surface area (TPSA) is 61.4 Å². The predicted molar refractivity (Wildman–Crippen MR) is 77.1 cm³/mol. The van der Waals surface area contributed by atoms with Gasteiger partial charge < -0.3 is 10.6 Å². The largest absolute Gasteiger partial charge is 0.336 e. The third kappa shape index (κ3) is 3.36. The van der Waals surface area contributed by atoms with Crippen LogP contribution in [0.3, 0.4) is 0 Å². The molecule has 0 saturated carbocycles. The molecule has 1 aromatic carbocycles. The molecule has 1 aromatic rings. The first kappa shape index (κ1) is 14.5. The molecule has 1 aliphatic heterocycles. The second-order valence-electron chi connectivity index (χ2n) is 5.29. The standard InChI is InChI=1S/C15H21N3O2/c1-11(2)14(12-6-4-3-5-7-12)17-10-13(19)18-9-8-16-15(18)20/h3-7,11,14,17H,8-10H2,1-2H3,(H,16,20)/t14-/m1/s1. The van der Waals surface area contributed by atoms with E-state index in [2.05, 4.69) is 24.5 Å². The maximum absolute atomic E-state index is 12.0. The molecular weight excluding hydrogens is 254 g/mol. The Morgan fingerprint density at radius 1 is 1.35 bits per heavy atom. The number of hydrogen-bond acceptors (Lipinski definition) is 3. The van der Waals surface area contributed by atoms with Gasteiger partial charge in [0.2, 0.25) is 5.91 Å². The summed E-state index contributed by atoms with van der Waals surface area (Å²) in [5.74, 6) is 0.180. The highest BCUT2D eigenvalue weighted by Gasteiger charge is 2.26. The van der Waals surface area contributed by atoms with E-state index in [-0.39, 0.29) is 24.5 Å².